The molecular formula is C33H54O3Si2. The summed E-state index contributed by atoms with van der Waals surface area (Å²) < 4.78 is 13.8. The van der Waals surface area contributed by atoms with Crippen molar-refractivity contribution in [1.82, 2.24) is 0 Å². The van der Waals surface area contributed by atoms with Crippen LogP contribution in [0.15, 0.2) is 60.7 Å². The fraction of sp³-hybridized carbons (Fsp3) is 0.606. The first-order valence-corrected chi connectivity index (χ1v) is 19.4. The largest absolute Gasteiger partial charge is 0.413 e. The van der Waals surface area contributed by atoms with Gasteiger partial charge in [-0.2, -0.15) is 0 Å². The van der Waals surface area contributed by atoms with Gasteiger partial charge in [0.25, 0.3) is 8.32 Å². The van der Waals surface area contributed by atoms with E-state index < -0.39 is 16.6 Å². The number of benzene rings is 2. The second kappa shape index (κ2) is 13.7. The van der Waals surface area contributed by atoms with Crippen molar-refractivity contribution in [2.75, 3.05) is 6.61 Å². The molecule has 0 saturated heterocycles. The van der Waals surface area contributed by atoms with Gasteiger partial charge in [-0.3, -0.25) is 0 Å². The summed E-state index contributed by atoms with van der Waals surface area (Å²) in [6.07, 6.45) is 5.32. The van der Waals surface area contributed by atoms with Crippen LogP contribution in [0.1, 0.15) is 81.1 Å². The quantitative estimate of drug-likeness (QED) is 0.135. The number of hydrogen-bond acceptors (Lipinski definition) is 3. The average molecular weight is 555 g/mol. The zero-order valence-corrected chi connectivity index (χ0v) is 27.8. The Hall–Kier alpha value is -1.54. The Balaban J connectivity index is 2.07. The summed E-state index contributed by atoms with van der Waals surface area (Å²) in [7, 11) is -4.42. The van der Waals surface area contributed by atoms with Gasteiger partial charge in [0, 0.05) is 12.5 Å². The zero-order chi connectivity index (χ0) is 28.6. The molecule has 0 spiro atoms. The molecule has 5 heteroatoms. The lowest BCUT2D eigenvalue weighted by atomic mass is 9.98. The molecule has 0 aliphatic carbocycles. The van der Waals surface area contributed by atoms with Crippen LogP contribution in [0.5, 0.6) is 0 Å². The van der Waals surface area contributed by atoms with E-state index in [1.807, 2.05) is 6.92 Å². The van der Waals surface area contributed by atoms with Crippen LogP contribution in [0.4, 0.5) is 0 Å². The number of carbonyl (C=O) groups is 1. The van der Waals surface area contributed by atoms with E-state index in [4.69, 9.17) is 8.85 Å². The van der Waals surface area contributed by atoms with E-state index >= 15 is 0 Å². The first-order chi connectivity index (χ1) is 17.7. The van der Waals surface area contributed by atoms with E-state index in [-0.39, 0.29) is 22.1 Å². The van der Waals surface area contributed by atoms with Crippen LogP contribution in [-0.2, 0) is 13.6 Å². The van der Waals surface area contributed by atoms with E-state index in [2.05, 4.69) is 122 Å². The minimum absolute atomic E-state index is 0.00526. The van der Waals surface area contributed by atoms with Crippen molar-refractivity contribution in [1.29, 1.82) is 0 Å². The Morgan fingerprint density at radius 2 is 1.24 bits per heavy atom. The molecule has 0 heterocycles. The van der Waals surface area contributed by atoms with Gasteiger partial charge < -0.3 is 13.6 Å². The number of unbranched alkanes of at least 4 members (excludes halogenated alkanes) is 1. The Labute approximate surface area is 236 Å². The molecule has 2 aromatic rings. The maximum atomic E-state index is 11.6. The molecule has 3 atom stereocenters. The van der Waals surface area contributed by atoms with Gasteiger partial charge in [0.05, 0.1) is 6.10 Å². The topological polar surface area (TPSA) is 35.5 Å². The normalized spacial score (nSPS) is 15.6. The molecular weight excluding hydrogens is 501 g/mol. The highest BCUT2D eigenvalue weighted by molar-refractivity contribution is 6.99. The maximum Gasteiger partial charge on any atom is 0.261 e. The van der Waals surface area contributed by atoms with Crippen molar-refractivity contribution < 1.29 is 13.6 Å². The lowest BCUT2D eigenvalue weighted by Crippen LogP contribution is -2.66. The summed E-state index contributed by atoms with van der Waals surface area (Å²) in [6, 6.07) is 21.8. The fourth-order valence-corrected chi connectivity index (χ4v) is 11.2. The van der Waals surface area contributed by atoms with E-state index in [9.17, 15) is 4.79 Å². The molecule has 212 valence electrons. The van der Waals surface area contributed by atoms with E-state index in [1.54, 1.807) is 0 Å². The standard InChI is InChI=1S/C33H54O3Si2/c1-27(19-17-18-24-31(28(2)25-34)36-37(9,10)32(3,4)5)26-35-38(33(6,7)8,29-20-13-11-14-21-29)30-22-15-12-16-23-30/h11-16,20-23,25,27-28,31H,17-19,24,26H2,1-10H3/t27-,28-,31-/m0/s1. The Kier molecular flexibility index (Phi) is 11.8. The summed E-state index contributed by atoms with van der Waals surface area (Å²) in [4.78, 5) is 11.6. The average Bonchev–Trinajstić information content (AvgIpc) is 2.85. The minimum Gasteiger partial charge on any atom is -0.413 e. The molecule has 0 saturated carbocycles. The first-order valence-electron chi connectivity index (χ1n) is 14.5. The summed E-state index contributed by atoms with van der Waals surface area (Å²) >= 11 is 0. The van der Waals surface area contributed by atoms with Crippen LogP contribution in [0, 0.1) is 11.8 Å². The third-order valence-electron chi connectivity index (χ3n) is 8.49. The van der Waals surface area contributed by atoms with Gasteiger partial charge in [-0.1, -0.05) is 129 Å². The molecule has 0 unspecified atom stereocenters. The minimum atomic E-state index is -2.50. The van der Waals surface area contributed by atoms with E-state index in [0.717, 1.165) is 38.6 Å². The third-order valence-corrected chi connectivity index (χ3v) is 18.0. The van der Waals surface area contributed by atoms with E-state index in [1.165, 1.54) is 10.4 Å². The molecule has 0 aromatic heterocycles. The predicted molar refractivity (Wildman–Crippen MR) is 169 cm³/mol. The Morgan fingerprint density at radius 3 is 1.66 bits per heavy atom. The van der Waals surface area contributed by atoms with Crippen molar-refractivity contribution in [3.63, 3.8) is 0 Å². The molecule has 2 rings (SSSR count). The van der Waals surface area contributed by atoms with Crippen LogP contribution in [0.25, 0.3) is 0 Å². The van der Waals surface area contributed by atoms with Crippen LogP contribution in [0.3, 0.4) is 0 Å². The third kappa shape index (κ3) is 8.23. The van der Waals surface area contributed by atoms with Gasteiger partial charge in [0.15, 0.2) is 8.32 Å². The van der Waals surface area contributed by atoms with Crippen LogP contribution in [0.2, 0.25) is 23.2 Å². The summed E-state index contributed by atoms with van der Waals surface area (Å²) in [5.41, 5.74) is 0. The molecule has 0 amide bonds. The summed E-state index contributed by atoms with van der Waals surface area (Å²) in [5, 5.41) is 2.80. The maximum absolute atomic E-state index is 11.6. The summed E-state index contributed by atoms with van der Waals surface area (Å²) in [5.74, 6) is 0.389. The molecule has 0 N–H and O–H groups in total. The smallest absolute Gasteiger partial charge is 0.261 e. The molecule has 0 bridgehead atoms. The Morgan fingerprint density at radius 1 is 0.763 bits per heavy atom. The fourth-order valence-electron chi connectivity index (χ4n) is 5.02. The monoisotopic (exact) mass is 554 g/mol. The molecule has 0 aliphatic rings. The highest BCUT2D eigenvalue weighted by atomic mass is 28.4. The highest BCUT2D eigenvalue weighted by Crippen LogP contribution is 2.39. The molecule has 3 nitrogen and oxygen atoms in total. The molecule has 0 aliphatic heterocycles. The SMILES string of the molecule is C[C@@H](CCCC[C@H](O[Si](C)(C)C(C)(C)C)[C@@H](C)C=O)CO[Si](c1ccccc1)(c1ccccc1)C(C)(C)C. The highest BCUT2D eigenvalue weighted by Gasteiger charge is 2.50. The lowest BCUT2D eigenvalue weighted by Gasteiger charge is -2.43. The van der Waals surface area contributed by atoms with Gasteiger partial charge >= 0.3 is 0 Å². The van der Waals surface area contributed by atoms with Gasteiger partial charge in [-0.05, 0) is 52.3 Å². The first kappa shape index (κ1) is 32.7. The summed E-state index contributed by atoms with van der Waals surface area (Å²) in [6.45, 7) is 23.4. The van der Waals surface area contributed by atoms with Crippen molar-refractivity contribution in [3.05, 3.63) is 60.7 Å². The van der Waals surface area contributed by atoms with Gasteiger partial charge in [-0.25, -0.2) is 0 Å². The van der Waals surface area contributed by atoms with Crippen LogP contribution in [-0.4, -0.2) is 35.6 Å². The predicted octanol–water partition coefficient (Wildman–Crippen LogP) is 7.98. The lowest BCUT2D eigenvalue weighted by molar-refractivity contribution is -0.113. The molecule has 38 heavy (non-hydrogen) atoms. The van der Waals surface area contributed by atoms with Crippen LogP contribution >= 0.6 is 0 Å². The van der Waals surface area contributed by atoms with Crippen molar-refractivity contribution >= 4 is 33.3 Å². The van der Waals surface area contributed by atoms with Crippen molar-refractivity contribution in [2.45, 2.75) is 110 Å². The number of carbonyl (C=O) groups excluding carboxylic acids is 1. The van der Waals surface area contributed by atoms with Crippen molar-refractivity contribution in [3.8, 4) is 0 Å². The van der Waals surface area contributed by atoms with E-state index in [0.29, 0.717) is 5.92 Å². The van der Waals surface area contributed by atoms with Gasteiger partial charge in [-0.15, -0.1) is 0 Å². The molecule has 2 aromatic carbocycles. The van der Waals surface area contributed by atoms with Crippen molar-refractivity contribution in [2.24, 2.45) is 11.8 Å². The van der Waals surface area contributed by atoms with Crippen LogP contribution < -0.4 is 10.4 Å². The molecule has 0 radical (unpaired) electrons. The number of hydrogen-bond donors (Lipinski definition) is 0. The zero-order valence-electron chi connectivity index (χ0n) is 25.8. The van der Waals surface area contributed by atoms with Gasteiger partial charge in [0.2, 0.25) is 0 Å². The second-order valence-corrected chi connectivity index (χ2v) is 22.8. The number of rotatable bonds is 14. The van der Waals surface area contributed by atoms with Gasteiger partial charge in [0.1, 0.15) is 6.29 Å². The Bertz CT molecular complexity index is 922. The number of aldehydes is 1. The second-order valence-electron chi connectivity index (χ2n) is 13.8. The molecule has 0 fully saturated rings.